The van der Waals surface area contributed by atoms with E-state index in [-0.39, 0.29) is 11.8 Å². The number of aryl methyl sites for hydroxylation is 1. The first-order valence-corrected chi connectivity index (χ1v) is 10.2. The number of rotatable bonds is 7. The summed E-state index contributed by atoms with van der Waals surface area (Å²) < 4.78 is 5.46. The fraction of sp³-hybridized carbons (Fsp3) is 0.571. The fourth-order valence-electron chi connectivity index (χ4n) is 3.89. The molecule has 4 rings (SSSR count). The van der Waals surface area contributed by atoms with Crippen LogP contribution in [0.5, 0.6) is 0 Å². The summed E-state index contributed by atoms with van der Waals surface area (Å²) in [7, 11) is 0. The molecule has 2 aromatic rings. The Kier molecular flexibility index (Phi) is 5.50. The van der Waals surface area contributed by atoms with Crippen molar-refractivity contribution in [1.82, 2.24) is 20.4 Å². The summed E-state index contributed by atoms with van der Waals surface area (Å²) in [6.07, 6.45) is 5.67. The molecule has 1 saturated carbocycles. The van der Waals surface area contributed by atoms with Gasteiger partial charge in [-0.2, -0.15) is 5.10 Å². The lowest BCUT2D eigenvalue weighted by atomic mass is 9.93. The van der Waals surface area contributed by atoms with Crippen LogP contribution in [-0.4, -0.2) is 40.0 Å². The van der Waals surface area contributed by atoms with Crippen LogP contribution in [0.3, 0.4) is 0 Å². The van der Waals surface area contributed by atoms with Gasteiger partial charge in [0.15, 0.2) is 0 Å². The lowest BCUT2D eigenvalue weighted by Gasteiger charge is -2.32. The summed E-state index contributed by atoms with van der Waals surface area (Å²) in [5, 5.41) is 10.1. The molecule has 1 atom stereocenters. The molecule has 1 aliphatic heterocycles. The number of furan rings is 1. The van der Waals surface area contributed by atoms with E-state index in [1.807, 2.05) is 30.0 Å². The second-order valence-electron chi connectivity index (χ2n) is 8.07. The number of hydrogen-bond acceptors (Lipinski definition) is 4. The Morgan fingerprint density at radius 3 is 2.93 bits per heavy atom. The first-order chi connectivity index (χ1) is 13.6. The van der Waals surface area contributed by atoms with Crippen LogP contribution in [0, 0.1) is 12.8 Å². The van der Waals surface area contributed by atoms with Crippen LogP contribution in [0.15, 0.2) is 22.6 Å². The van der Waals surface area contributed by atoms with Gasteiger partial charge in [0, 0.05) is 31.1 Å². The molecule has 7 nitrogen and oxygen atoms in total. The number of nitrogens with zero attached hydrogens (tertiary/aromatic N) is 2. The number of hydrogen-bond donors (Lipinski definition) is 2. The zero-order chi connectivity index (χ0) is 19.5. The summed E-state index contributed by atoms with van der Waals surface area (Å²) in [5.41, 5.74) is 1.61. The maximum absolute atomic E-state index is 12.8. The Balaban J connectivity index is 1.22. The smallest absolute Gasteiger partial charge is 0.274 e. The number of H-pyrrole nitrogens is 1. The zero-order valence-electron chi connectivity index (χ0n) is 16.4. The number of aromatic nitrogens is 2. The first kappa shape index (κ1) is 18.8. The van der Waals surface area contributed by atoms with Gasteiger partial charge in [-0.05, 0) is 63.1 Å². The minimum absolute atomic E-state index is 0.00508. The highest BCUT2D eigenvalue weighted by Crippen LogP contribution is 2.39. The topological polar surface area (TPSA) is 91.2 Å². The van der Waals surface area contributed by atoms with E-state index in [4.69, 9.17) is 4.42 Å². The molecule has 3 heterocycles. The molecule has 2 fully saturated rings. The standard InChI is InChI=1S/C21H28N4O3/c1-14-4-8-17(28-14)12-22-20(26)9-5-15-3-2-10-25(13-15)21(27)19-11-18(23-24-19)16-6-7-16/h4,8,11,15-16H,2-3,5-7,9-10,12-13H2,1H3,(H,22,26)(H,23,24)/t15-/m1/s1. The zero-order valence-corrected chi connectivity index (χ0v) is 16.4. The van der Waals surface area contributed by atoms with Crippen LogP contribution < -0.4 is 5.32 Å². The molecule has 2 aliphatic rings. The maximum Gasteiger partial charge on any atom is 0.274 e. The lowest BCUT2D eigenvalue weighted by Crippen LogP contribution is -2.40. The molecule has 1 saturated heterocycles. The molecule has 0 bridgehead atoms. The van der Waals surface area contributed by atoms with E-state index in [2.05, 4.69) is 15.5 Å². The predicted molar refractivity (Wildman–Crippen MR) is 104 cm³/mol. The summed E-state index contributed by atoms with van der Waals surface area (Å²) in [4.78, 5) is 26.8. The Hall–Kier alpha value is -2.57. The van der Waals surface area contributed by atoms with Gasteiger partial charge in [-0.25, -0.2) is 0 Å². The second kappa shape index (κ2) is 8.20. The van der Waals surface area contributed by atoms with Gasteiger partial charge in [0.2, 0.25) is 5.91 Å². The van der Waals surface area contributed by atoms with Gasteiger partial charge >= 0.3 is 0 Å². The van der Waals surface area contributed by atoms with Crippen molar-refractivity contribution in [2.45, 2.75) is 57.9 Å². The third-order valence-electron chi connectivity index (χ3n) is 5.68. The molecule has 0 aromatic carbocycles. The van der Waals surface area contributed by atoms with Crippen molar-refractivity contribution in [1.29, 1.82) is 0 Å². The largest absolute Gasteiger partial charge is 0.465 e. The Bertz CT molecular complexity index is 836. The van der Waals surface area contributed by atoms with E-state index >= 15 is 0 Å². The van der Waals surface area contributed by atoms with Crippen molar-refractivity contribution in [3.05, 3.63) is 41.1 Å². The number of aromatic amines is 1. The molecule has 2 N–H and O–H groups in total. The van der Waals surface area contributed by atoms with Gasteiger partial charge in [0.1, 0.15) is 17.2 Å². The number of piperidine rings is 1. The van der Waals surface area contributed by atoms with E-state index in [0.717, 1.165) is 43.0 Å². The van der Waals surface area contributed by atoms with E-state index in [9.17, 15) is 9.59 Å². The van der Waals surface area contributed by atoms with Gasteiger partial charge in [0.25, 0.3) is 5.91 Å². The summed E-state index contributed by atoms with van der Waals surface area (Å²) in [6, 6.07) is 5.68. The lowest BCUT2D eigenvalue weighted by molar-refractivity contribution is -0.121. The van der Waals surface area contributed by atoms with Gasteiger partial charge in [-0.15, -0.1) is 0 Å². The molecule has 2 amide bonds. The molecular weight excluding hydrogens is 356 g/mol. The fourth-order valence-corrected chi connectivity index (χ4v) is 3.89. The molecule has 1 aliphatic carbocycles. The molecule has 0 radical (unpaired) electrons. The van der Waals surface area contributed by atoms with Crippen LogP contribution in [0.4, 0.5) is 0 Å². The van der Waals surface area contributed by atoms with Crippen LogP contribution in [-0.2, 0) is 11.3 Å². The van der Waals surface area contributed by atoms with E-state index < -0.39 is 0 Å². The number of carbonyl (C=O) groups is 2. The average molecular weight is 384 g/mol. The molecule has 150 valence electrons. The summed E-state index contributed by atoms with van der Waals surface area (Å²) in [5.74, 6) is 2.56. The van der Waals surface area contributed by atoms with Crippen molar-refractivity contribution in [2.75, 3.05) is 13.1 Å². The van der Waals surface area contributed by atoms with Gasteiger partial charge < -0.3 is 14.6 Å². The quantitative estimate of drug-likeness (QED) is 0.767. The third-order valence-corrected chi connectivity index (χ3v) is 5.68. The molecule has 2 aromatic heterocycles. The van der Waals surface area contributed by atoms with Crippen molar-refractivity contribution in [3.8, 4) is 0 Å². The number of amides is 2. The number of likely N-dealkylation sites (tertiary alicyclic amines) is 1. The Labute approximate surface area is 164 Å². The molecule has 0 unspecified atom stereocenters. The molecule has 0 spiro atoms. The molecule has 7 heteroatoms. The SMILES string of the molecule is Cc1ccc(CNC(=O)CC[C@H]2CCCN(C(=O)c3cc(C4CC4)[nH]n3)C2)o1. The van der Waals surface area contributed by atoms with Crippen LogP contribution >= 0.6 is 0 Å². The number of nitrogens with one attached hydrogen (secondary N) is 2. The minimum atomic E-state index is 0.00508. The highest BCUT2D eigenvalue weighted by molar-refractivity contribution is 5.92. The summed E-state index contributed by atoms with van der Waals surface area (Å²) >= 11 is 0. The molecule has 28 heavy (non-hydrogen) atoms. The Morgan fingerprint density at radius 2 is 2.18 bits per heavy atom. The minimum Gasteiger partial charge on any atom is -0.465 e. The van der Waals surface area contributed by atoms with Crippen molar-refractivity contribution in [2.24, 2.45) is 5.92 Å². The second-order valence-corrected chi connectivity index (χ2v) is 8.07. The monoisotopic (exact) mass is 384 g/mol. The van der Waals surface area contributed by atoms with E-state index in [0.29, 0.717) is 37.0 Å². The van der Waals surface area contributed by atoms with Gasteiger partial charge in [-0.3, -0.25) is 14.7 Å². The Morgan fingerprint density at radius 1 is 1.32 bits per heavy atom. The first-order valence-electron chi connectivity index (χ1n) is 10.2. The van der Waals surface area contributed by atoms with E-state index in [1.54, 1.807) is 0 Å². The van der Waals surface area contributed by atoms with Crippen LogP contribution in [0.25, 0.3) is 0 Å². The van der Waals surface area contributed by atoms with Crippen LogP contribution in [0.2, 0.25) is 0 Å². The predicted octanol–water partition coefficient (Wildman–Crippen LogP) is 3.14. The third kappa shape index (κ3) is 4.64. The normalized spacial score (nSPS) is 19.6. The van der Waals surface area contributed by atoms with Crippen molar-refractivity contribution < 1.29 is 14.0 Å². The van der Waals surface area contributed by atoms with E-state index in [1.165, 1.54) is 12.8 Å². The van der Waals surface area contributed by atoms with Crippen LogP contribution in [0.1, 0.15) is 72.1 Å². The van der Waals surface area contributed by atoms with Crippen molar-refractivity contribution in [3.63, 3.8) is 0 Å². The summed E-state index contributed by atoms with van der Waals surface area (Å²) in [6.45, 7) is 3.78. The van der Waals surface area contributed by atoms with Gasteiger partial charge in [0.05, 0.1) is 6.54 Å². The van der Waals surface area contributed by atoms with Crippen molar-refractivity contribution >= 4 is 11.8 Å². The van der Waals surface area contributed by atoms with Gasteiger partial charge in [-0.1, -0.05) is 0 Å². The average Bonchev–Trinajstić information content (AvgIpc) is 3.29. The highest BCUT2D eigenvalue weighted by atomic mass is 16.3. The maximum atomic E-state index is 12.8. The molecular formula is C21H28N4O3. The number of carbonyl (C=O) groups excluding carboxylic acids is 2. The highest BCUT2D eigenvalue weighted by Gasteiger charge is 2.29.